The van der Waals surface area contributed by atoms with Gasteiger partial charge in [-0.2, -0.15) is 0 Å². The molecule has 1 atom stereocenters. The maximum absolute atomic E-state index is 11.3. The van der Waals surface area contributed by atoms with Gasteiger partial charge in [-0.15, -0.1) is 0 Å². The van der Waals surface area contributed by atoms with Crippen LogP contribution >= 0.6 is 0 Å². The second-order valence-electron chi connectivity index (χ2n) is 5.24. The van der Waals surface area contributed by atoms with Crippen LogP contribution in [-0.4, -0.2) is 30.3 Å². The highest BCUT2D eigenvalue weighted by Crippen LogP contribution is 2.24. The van der Waals surface area contributed by atoms with Gasteiger partial charge in [0, 0.05) is 24.9 Å². The Morgan fingerprint density at radius 1 is 1.42 bits per heavy atom. The summed E-state index contributed by atoms with van der Waals surface area (Å²) in [5.41, 5.74) is 2.01. The van der Waals surface area contributed by atoms with Crippen molar-refractivity contribution in [1.82, 2.24) is 0 Å². The molecular weight excluding hydrogens is 242 g/mol. The number of carboxylic acids is 1. The number of rotatable bonds is 4. The molecule has 0 aromatic heterocycles. The second-order valence-corrected chi connectivity index (χ2v) is 5.24. The zero-order valence-corrected chi connectivity index (χ0v) is 11.5. The zero-order chi connectivity index (χ0) is 13.8. The number of aryl methyl sites for hydroxylation is 1. The van der Waals surface area contributed by atoms with E-state index in [1.54, 1.807) is 6.07 Å². The predicted molar refractivity (Wildman–Crippen MR) is 74.8 cm³/mol. The van der Waals surface area contributed by atoms with Crippen LogP contribution in [0.25, 0.3) is 0 Å². The van der Waals surface area contributed by atoms with Crippen molar-refractivity contribution < 1.29 is 14.6 Å². The number of carboxylic acid groups (broad SMARTS) is 1. The molecule has 2 rings (SSSR count). The molecule has 1 fully saturated rings. The van der Waals surface area contributed by atoms with Gasteiger partial charge in [-0.05, 0) is 44.7 Å². The molecule has 19 heavy (non-hydrogen) atoms. The van der Waals surface area contributed by atoms with Crippen molar-refractivity contribution >= 4 is 11.7 Å². The molecule has 1 unspecified atom stereocenters. The summed E-state index contributed by atoms with van der Waals surface area (Å²) >= 11 is 0. The van der Waals surface area contributed by atoms with Crippen molar-refractivity contribution in [3.8, 4) is 0 Å². The summed E-state index contributed by atoms with van der Waals surface area (Å²) in [7, 11) is 0. The Balaban J connectivity index is 2.11. The van der Waals surface area contributed by atoms with Gasteiger partial charge >= 0.3 is 5.97 Å². The number of aromatic carboxylic acids is 1. The number of benzene rings is 1. The first-order valence-electron chi connectivity index (χ1n) is 6.76. The number of ether oxygens (including phenoxy) is 1. The standard InChI is InChI=1S/C15H21NO3/c1-10-3-4-14(13(9-10)15(17)18)16-11(2)12-5-7-19-8-6-12/h3-4,9,11-12,16H,5-8H2,1-2H3,(H,17,18). The molecule has 4 nitrogen and oxygen atoms in total. The fourth-order valence-electron chi connectivity index (χ4n) is 2.54. The fraction of sp³-hybridized carbons (Fsp3) is 0.533. The Morgan fingerprint density at radius 3 is 2.74 bits per heavy atom. The third kappa shape index (κ3) is 3.47. The smallest absolute Gasteiger partial charge is 0.337 e. The van der Waals surface area contributed by atoms with E-state index in [1.165, 1.54) is 0 Å². The van der Waals surface area contributed by atoms with Crippen molar-refractivity contribution in [2.24, 2.45) is 5.92 Å². The summed E-state index contributed by atoms with van der Waals surface area (Å²) in [5, 5.41) is 12.6. The lowest BCUT2D eigenvalue weighted by molar-refractivity contribution is 0.0621. The molecule has 1 aliphatic rings. The van der Waals surface area contributed by atoms with Crippen LogP contribution in [0.3, 0.4) is 0 Å². The summed E-state index contributed by atoms with van der Waals surface area (Å²) in [4.78, 5) is 11.3. The van der Waals surface area contributed by atoms with E-state index >= 15 is 0 Å². The molecule has 104 valence electrons. The van der Waals surface area contributed by atoms with E-state index < -0.39 is 5.97 Å². The zero-order valence-electron chi connectivity index (χ0n) is 11.5. The highest BCUT2D eigenvalue weighted by Gasteiger charge is 2.21. The molecular formula is C15H21NO3. The number of anilines is 1. The van der Waals surface area contributed by atoms with E-state index in [-0.39, 0.29) is 6.04 Å². The van der Waals surface area contributed by atoms with Gasteiger partial charge in [0.1, 0.15) is 0 Å². The van der Waals surface area contributed by atoms with Gasteiger partial charge in [0.2, 0.25) is 0 Å². The van der Waals surface area contributed by atoms with Crippen molar-refractivity contribution in [2.75, 3.05) is 18.5 Å². The van der Waals surface area contributed by atoms with Crippen LogP contribution in [0.15, 0.2) is 18.2 Å². The van der Waals surface area contributed by atoms with Crippen LogP contribution in [0.2, 0.25) is 0 Å². The van der Waals surface area contributed by atoms with Crippen molar-refractivity contribution in [3.05, 3.63) is 29.3 Å². The molecule has 1 heterocycles. The Kier molecular flexibility index (Phi) is 4.43. The van der Waals surface area contributed by atoms with Gasteiger partial charge in [0.05, 0.1) is 5.56 Å². The molecule has 1 saturated heterocycles. The minimum Gasteiger partial charge on any atom is -0.478 e. The first-order chi connectivity index (χ1) is 9.08. The number of hydrogen-bond acceptors (Lipinski definition) is 3. The maximum atomic E-state index is 11.3. The molecule has 1 aromatic carbocycles. The van der Waals surface area contributed by atoms with Crippen molar-refractivity contribution in [1.29, 1.82) is 0 Å². The fourth-order valence-corrected chi connectivity index (χ4v) is 2.54. The average Bonchev–Trinajstić information content (AvgIpc) is 2.41. The highest BCUT2D eigenvalue weighted by molar-refractivity contribution is 5.94. The summed E-state index contributed by atoms with van der Waals surface area (Å²) in [6.07, 6.45) is 2.06. The van der Waals surface area contributed by atoms with Gasteiger partial charge in [-0.1, -0.05) is 11.6 Å². The van der Waals surface area contributed by atoms with Gasteiger partial charge in [-0.3, -0.25) is 0 Å². The molecule has 1 aromatic rings. The lowest BCUT2D eigenvalue weighted by atomic mass is 9.92. The summed E-state index contributed by atoms with van der Waals surface area (Å²) in [5.74, 6) is -0.345. The van der Waals surface area contributed by atoms with E-state index in [1.807, 2.05) is 19.1 Å². The molecule has 2 N–H and O–H groups in total. The lowest BCUT2D eigenvalue weighted by Crippen LogP contribution is -2.31. The minimum absolute atomic E-state index is 0.254. The molecule has 0 spiro atoms. The number of nitrogens with one attached hydrogen (secondary N) is 1. The monoisotopic (exact) mass is 263 g/mol. The first-order valence-corrected chi connectivity index (χ1v) is 6.76. The average molecular weight is 263 g/mol. The Bertz CT molecular complexity index is 453. The quantitative estimate of drug-likeness (QED) is 0.877. The number of hydrogen-bond donors (Lipinski definition) is 2. The van der Waals surface area contributed by atoms with E-state index in [0.29, 0.717) is 17.2 Å². The minimum atomic E-state index is -0.884. The molecule has 4 heteroatoms. The lowest BCUT2D eigenvalue weighted by Gasteiger charge is -2.29. The van der Waals surface area contributed by atoms with E-state index in [9.17, 15) is 9.90 Å². The van der Waals surface area contributed by atoms with Gasteiger partial charge in [-0.25, -0.2) is 4.79 Å². The van der Waals surface area contributed by atoms with Crippen LogP contribution in [0.5, 0.6) is 0 Å². The van der Waals surface area contributed by atoms with Crippen molar-refractivity contribution in [3.63, 3.8) is 0 Å². The largest absolute Gasteiger partial charge is 0.478 e. The Hall–Kier alpha value is -1.55. The molecule has 0 saturated carbocycles. The highest BCUT2D eigenvalue weighted by atomic mass is 16.5. The summed E-state index contributed by atoms with van der Waals surface area (Å²) < 4.78 is 5.36. The normalized spacial score (nSPS) is 18.0. The van der Waals surface area contributed by atoms with E-state index in [4.69, 9.17) is 4.74 Å². The van der Waals surface area contributed by atoms with Crippen LogP contribution < -0.4 is 5.32 Å². The SMILES string of the molecule is Cc1ccc(NC(C)C2CCOCC2)c(C(=O)O)c1. The molecule has 0 bridgehead atoms. The Labute approximate surface area is 113 Å². The van der Waals surface area contributed by atoms with E-state index in [2.05, 4.69) is 12.2 Å². The number of carbonyl (C=O) groups is 1. The second kappa shape index (κ2) is 6.06. The van der Waals surface area contributed by atoms with Gasteiger partial charge < -0.3 is 15.2 Å². The molecule has 0 amide bonds. The maximum Gasteiger partial charge on any atom is 0.337 e. The Morgan fingerprint density at radius 2 is 2.11 bits per heavy atom. The van der Waals surface area contributed by atoms with Crippen LogP contribution in [0, 0.1) is 12.8 Å². The van der Waals surface area contributed by atoms with E-state index in [0.717, 1.165) is 31.6 Å². The molecule has 0 radical (unpaired) electrons. The summed E-state index contributed by atoms with van der Waals surface area (Å²) in [6, 6.07) is 5.76. The molecule has 0 aliphatic carbocycles. The predicted octanol–water partition coefficient (Wildman–Crippen LogP) is 2.92. The topological polar surface area (TPSA) is 58.6 Å². The third-order valence-electron chi connectivity index (χ3n) is 3.76. The molecule has 1 aliphatic heterocycles. The van der Waals surface area contributed by atoms with Crippen LogP contribution in [0.4, 0.5) is 5.69 Å². The van der Waals surface area contributed by atoms with Crippen LogP contribution in [0.1, 0.15) is 35.7 Å². The van der Waals surface area contributed by atoms with Gasteiger partial charge in [0.25, 0.3) is 0 Å². The summed E-state index contributed by atoms with van der Waals surface area (Å²) in [6.45, 7) is 5.62. The van der Waals surface area contributed by atoms with Gasteiger partial charge in [0.15, 0.2) is 0 Å². The third-order valence-corrected chi connectivity index (χ3v) is 3.76. The first kappa shape index (κ1) is 13.9. The van der Waals surface area contributed by atoms with Crippen molar-refractivity contribution in [2.45, 2.75) is 32.7 Å². The van der Waals surface area contributed by atoms with Crippen LogP contribution in [-0.2, 0) is 4.74 Å².